The maximum atomic E-state index is 14.2. The van der Waals surface area contributed by atoms with Crippen molar-refractivity contribution >= 4 is 55.7 Å². The average molecular weight is 1120 g/mol. The van der Waals surface area contributed by atoms with E-state index in [-0.39, 0.29) is 57.5 Å². The molecular formula is C59H67N11O8S2. The molecule has 0 unspecified atom stereocenters. The van der Waals surface area contributed by atoms with Gasteiger partial charge in [-0.3, -0.25) is 33.0 Å². The summed E-state index contributed by atoms with van der Waals surface area (Å²) in [4.78, 5) is 54.9. The fourth-order valence-corrected chi connectivity index (χ4v) is 12.5. The second-order valence-corrected chi connectivity index (χ2v) is 23.6. The number of rotatable bonds is 20. The number of carbonyl (C=O) groups excluding carboxylic acids is 2. The lowest BCUT2D eigenvalue weighted by Crippen LogP contribution is -2.46. The molecule has 0 aliphatic carbocycles. The molecule has 19 nitrogen and oxygen atoms in total. The van der Waals surface area contributed by atoms with E-state index in [4.69, 9.17) is 19.6 Å². The van der Waals surface area contributed by atoms with E-state index in [0.29, 0.717) is 68.2 Å². The van der Waals surface area contributed by atoms with Crippen LogP contribution in [-0.2, 0) is 28.9 Å². The van der Waals surface area contributed by atoms with E-state index < -0.39 is 28.1 Å². The third-order valence-electron chi connectivity index (χ3n) is 15.1. The summed E-state index contributed by atoms with van der Waals surface area (Å²) in [6, 6.07) is 27.1. The Kier molecular flexibility index (Phi) is 16.3. The minimum atomic E-state index is -4.31. The van der Waals surface area contributed by atoms with E-state index in [0.717, 1.165) is 45.1 Å². The Hall–Kier alpha value is -7.85. The smallest absolute Gasteiger partial charge is 0.328 e. The number of benzene rings is 4. The minimum Gasteiger partial charge on any atom is -0.493 e. The molecule has 2 amide bonds. The van der Waals surface area contributed by atoms with Gasteiger partial charge >= 0.3 is 5.69 Å². The molecule has 4 N–H and O–H groups in total. The number of sulfonamides is 1. The quantitative estimate of drug-likeness (QED) is 0.0564. The number of anilines is 2. The first-order chi connectivity index (χ1) is 38.4. The molecule has 0 saturated carbocycles. The number of aliphatic hydroxyl groups is 1. The van der Waals surface area contributed by atoms with Gasteiger partial charge in [-0.1, -0.05) is 57.2 Å². The van der Waals surface area contributed by atoms with Crippen molar-refractivity contribution < 1.29 is 32.6 Å². The molecule has 0 radical (unpaired) electrons. The number of nitrogens with zero attached hydrogens (tertiary/aromatic N) is 8. The third-order valence-corrected chi connectivity index (χ3v) is 17.4. The Balaban J connectivity index is 0.773. The van der Waals surface area contributed by atoms with Gasteiger partial charge in [0.15, 0.2) is 5.75 Å². The lowest BCUT2D eigenvalue weighted by Gasteiger charge is -2.31. The van der Waals surface area contributed by atoms with Gasteiger partial charge in [-0.05, 0) is 104 Å². The number of carbonyl (C=O) groups is 2. The van der Waals surface area contributed by atoms with Crippen LogP contribution in [0, 0.1) is 12.8 Å². The number of hydrogen-bond acceptors (Lipinski definition) is 14. The van der Waals surface area contributed by atoms with Crippen LogP contribution in [0.25, 0.3) is 32.6 Å². The molecule has 80 heavy (non-hydrogen) atoms. The molecule has 6 heterocycles. The van der Waals surface area contributed by atoms with Gasteiger partial charge in [0, 0.05) is 82.0 Å². The van der Waals surface area contributed by atoms with Crippen LogP contribution in [0.1, 0.15) is 80.7 Å². The summed E-state index contributed by atoms with van der Waals surface area (Å²) in [6.45, 7) is 12.8. The first kappa shape index (κ1) is 55.5. The number of aromatic nitrogens is 6. The Labute approximate surface area is 469 Å². The Morgan fingerprint density at radius 2 is 1.65 bits per heavy atom. The standard InChI is InChI=1S/C59H67N11O8S2/c1-8-23-77-46-12-10-13-47(27-46)78-54-29-51-50(66(6)59(74)67(51)7)28-49(54)65-80(75,76)48-14-9-11-42(24-48)57(72)64-44-20-22-68(32-44)55-25-41(19-21-60-55)43-30-62-70(31-43)53(36(2)3)34-69-33-45(71)26-52(69)58(73)63-37(4)39-15-17-40(18-16-39)56-38(5)61-35-79-56/h9-19,21,24-25,27-31,35-37,44-45,52-53,65,71H,8,20,22-23,26,32-34H2,1-7H3,(H,63,73)(H,64,72)/t37-,44-,45+,52-,53+/m0/s1. The van der Waals surface area contributed by atoms with E-state index >= 15 is 0 Å². The molecule has 5 atom stereocenters. The van der Waals surface area contributed by atoms with Crippen LogP contribution < -0.4 is 35.4 Å². The topological polar surface area (TPSA) is 220 Å². The molecule has 418 valence electrons. The normalized spacial score (nSPS) is 17.5. The number of thiazole rings is 1. The highest BCUT2D eigenvalue weighted by atomic mass is 32.2. The number of β-amino-alcohol motifs (C(OH)–C–C–N with tert-alkyl or cyclic N) is 1. The van der Waals surface area contributed by atoms with E-state index in [2.05, 4.69) is 56.1 Å². The van der Waals surface area contributed by atoms with Gasteiger partial charge in [0.05, 0.1) is 74.7 Å². The molecule has 0 bridgehead atoms. The van der Waals surface area contributed by atoms with Crippen molar-refractivity contribution in [3.8, 4) is 38.8 Å². The Morgan fingerprint density at radius 1 is 0.887 bits per heavy atom. The molecule has 4 aromatic heterocycles. The maximum Gasteiger partial charge on any atom is 0.328 e. The Bertz CT molecular complexity index is 3720. The number of aliphatic hydroxyl groups excluding tert-OH is 1. The van der Waals surface area contributed by atoms with E-state index in [9.17, 15) is 27.9 Å². The van der Waals surface area contributed by atoms with Crippen molar-refractivity contribution in [3.05, 3.63) is 148 Å². The van der Waals surface area contributed by atoms with Crippen LogP contribution in [0.2, 0.25) is 0 Å². The van der Waals surface area contributed by atoms with E-state index in [1.165, 1.54) is 27.3 Å². The van der Waals surface area contributed by atoms with Gasteiger partial charge < -0.3 is 30.1 Å². The highest BCUT2D eigenvalue weighted by molar-refractivity contribution is 7.92. The second kappa shape index (κ2) is 23.5. The molecule has 2 aliphatic rings. The van der Waals surface area contributed by atoms with Crippen molar-refractivity contribution in [3.63, 3.8) is 0 Å². The van der Waals surface area contributed by atoms with Crippen LogP contribution in [0.15, 0.2) is 131 Å². The number of ether oxygens (including phenoxy) is 2. The number of hydrogen-bond donors (Lipinski definition) is 4. The molecule has 4 aromatic carbocycles. The second-order valence-electron chi connectivity index (χ2n) is 21.1. The molecule has 21 heteroatoms. The summed E-state index contributed by atoms with van der Waals surface area (Å²) in [5.74, 6) is 1.50. The summed E-state index contributed by atoms with van der Waals surface area (Å²) < 4.78 is 47.9. The van der Waals surface area contributed by atoms with Crippen molar-refractivity contribution in [1.29, 1.82) is 0 Å². The third kappa shape index (κ3) is 12.0. The highest BCUT2D eigenvalue weighted by Crippen LogP contribution is 2.37. The number of pyridine rings is 1. The van der Waals surface area contributed by atoms with E-state index in [1.54, 1.807) is 74.1 Å². The molecule has 2 fully saturated rings. The molecular weight excluding hydrogens is 1050 g/mol. The number of aryl methyl sites for hydroxylation is 3. The lowest BCUT2D eigenvalue weighted by molar-refractivity contribution is -0.126. The summed E-state index contributed by atoms with van der Waals surface area (Å²) in [5.41, 5.74) is 7.71. The van der Waals surface area contributed by atoms with Crippen LogP contribution in [0.5, 0.6) is 17.2 Å². The van der Waals surface area contributed by atoms with Crippen molar-refractivity contribution in [2.75, 3.05) is 42.4 Å². The van der Waals surface area contributed by atoms with Crippen molar-refractivity contribution in [1.82, 2.24) is 44.4 Å². The predicted molar refractivity (Wildman–Crippen MR) is 310 cm³/mol. The number of amides is 2. The molecule has 0 spiro atoms. The summed E-state index contributed by atoms with van der Waals surface area (Å²) in [7, 11) is -1.07. The Morgan fingerprint density at radius 3 is 2.40 bits per heavy atom. The number of nitrogens with one attached hydrogen (secondary N) is 3. The fourth-order valence-electron chi connectivity index (χ4n) is 10.6. The van der Waals surface area contributed by atoms with Gasteiger partial charge in [0.1, 0.15) is 17.3 Å². The van der Waals surface area contributed by atoms with Crippen molar-refractivity contribution in [2.24, 2.45) is 20.0 Å². The van der Waals surface area contributed by atoms with Gasteiger partial charge in [0.25, 0.3) is 15.9 Å². The molecule has 8 aromatic rings. The largest absolute Gasteiger partial charge is 0.493 e. The monoisotopic (exact) mass is 1120 g/mol. The van der Waals surface area contributed by atoms with Crippen LogP contribution >= 0.6 is 11.3 Å². The number of fused-ring (bicyclic) bond motifs is 1. The van der Waals surface area contributed by atoms with Crippen molar-refractivity contribution in [2.45, 2.75) is 89.0 Å². The number of likely N-dealkylation sites (tertiary alicyclic amines) is 1. The first-order valence-electron chi connectivity index (χ1n) is 26.9. The SMILES string of the molecule is CCCOc1cccc(Oc2cc3c(cc2NS(=O)(=O)c2cccc(C(=O)N[C@H]4CCN(c5cc(-c6cnn([C@H](CN7C[C@H](O)C[C@H]7C(=O)N[C@@H](C)c7ccc(-c8scnc8C)cc7)C(C)C)c6)ccn5)C4)c2)n(C)c(=O)n3C)c1. The molecule has 2 saturated heterocycles. The summed E-state index contributed by atoms with van der Waals surface area (Å²) >= 11 is 1.61. The minimum absolute atomic E-state index is 0.0909. The number of imidazole rings is 1. The average Bonchev–Trinajstić information content (AvgIpc) is 4.32. The van der Waals surface area contributed by atoms with Crippen LogP contribution in [0.3, 0.4) is 0 Å². The van der Waals surface area contributed by atoms with Crippen LogP contribution in [-0.4, -0.2) is 110 Å². The first-order valence-corrected chi connectivity index (χ1v) is 29.3. The maximum absolute atomic E-state index is 14.2. The zero-order chi connectivity index (χ0) is 56.4. The van der Waals surface area contributed by atoms with Gasteiger partial charge in [-0.15, -0.1) is 11.3 Å². The fraction of sp³-hybridized carbons (Fsp3) is 0.356. The van der Waals surface area contributed by atoms with Gasteiger partial charge in [-0.2, -0.15) is 5.10 Å². The predicted octanol–water partition coefficient (Wildman–Crippen LogP) is 8.47. The zero-order valence-corrected chi connectivity index (χ0v) is 47.5. The molecule has 2 aliphatic heterocycles. The van der Waals surface area contributed by atoms with Gasteiger partial charge in [0.2, 0.25) is 5.91 Å². The van der Waals surface area contributed by atoms with E-state index in [1.807, 2.05) is 67.6 Å². The summed E-state index contributed by atoms with van der Waals surface area (Å²) in [6.07, 6.45) is 6.78. The highest BCUT2D eigenvalue weighted by Gasteiger charge is 2.38. The van der Waals surface area contributed by atoms with Crippen LogP contribution in [0.4, 0.5) is 11.5 Å². The zero-order valence-electron chi connectivity index (χ0n) is 45.9. The lowest BCUT2D eigenvalue weighted by atomic mass is 10.0. The summed E-state index contributed by atoms with van der Waals surface area (Å²) in [5, 5.41) is 22.0. The van der Waals surface area contributed by atoms with Gasteiger partial charge in [-0.25, -0.2) is 23.2 Å². The molecule has 10 rings (SSSR count).